The van der Waals surface area contributed by atoms with Crippen LogP contribution in [0.15, 0.2) is 53.4 Å². The van der Waals surface area contributed by atoms with Gasteiger partial charge in [0.25, 0.3) is 0 Å². The molecule has 1 amide bonds. The molecule has 2 aromatic rings. The first-order valence-electron chi connectivity index (χ1n) is 10.3. The number of hydrogen-bond donors (Lipinski definition) is 1. The summed E-state index contributed by atoms with van der Waals surface area (Å²) in [7, 11) is -3.52. The molecule has 1 heterocycles. The Labute approximate surface area is 179 Å². The zero-order chi connectivity index (χ0) is 21.9. The van der Waals surface area contributed by atoms with E-state index >= 15 is 0 Å². The van der Waals surface area contributed by atoms with Crippen LogP contribution in [0.1, 0.15) is 31.9 Å². The highest BCUT2D eigenvalue weighted by Gasteiger charge is 2.29. The lowest BCUT2D eigenvalue weighted by molar-refractivity contribution is -0.117. The molecule has 1 aliphatic heterocycles. The number of nitrogens with one attached hydrogen (secondary N) is 1. The Kier molecular flexibility index (Phi) is 6.65. The Bertz CT molecular complexity index is 987. The molecule has 30 heavy (non-hydrogen) atoms. The minimum absolute atomic E-state index is 0.0211. The van der Waals surface area contributed by atoms with Crippen LogP contribution >= 0.6 is 0 Å². The molecular formula is C23H31N3O3S. The minimum Gasteiger partial charge on any atom is -0.325 e. The highest BCUT2D eigenvalue weighted by molar-refractivity contribution is 7.89. The quantitative estimate of drug-likeness (QED) is 0.792. The highest BCUT2D eigenvalue weighted by atomic mass is 32.2. The van der Waals surface area contributed by atoms with E-state index in [2.05, 4.69) is 26.1 Å². The van der Waals surface area contributed by atoms with Crippen LogP contribution in [0, 0.1) is 6.92 Å². The average molecular weight is 430 g/mol. The molecule has 2 aromatic carbocycles. The number of hydrogen-bond acceptors (Lipinski definition) is 4. The standard InChI is InChI=1S/C23H31N3O3S/c1-18-7-5-6-8-21(18)24-22(27)17-25-13-15-26(16-14-25)30(28,29)20-11-9-19(10-12-20)23(2,3)4/h5-12H,13-17H2,1-4H3,(H,24,27). The molecule has 1 N–H and O–H groups in total. The third-order valence-corrected chi connectivity index (χ3v) is 7.39. The third kappa shape index (κ3) is 5.28. The Hall–Kier alpha value is -2.22. The molecule has 1 saturated heterocycles. The van der Waals surface area contributed by atoms with E-state index in [-0.39, 0.29) is 17.9 Å². The van der Waals surface area contributed by atoms with Crippen LogP contribution in [0.5, 0.6) is 0 Å². The first kappa shape index (κ1) is 22.5. The average Bonchev–Trinajstić information content (AvgIpc) is 2.69. The maximum absolute atomic E-state index is 13.0. The zero-order valence-electron chi connectivity index (χ0n) is 18.2. The lowest BCUT2D eigenvalue weighted by atomic mass is 9.87. The van der Waals surface area contributed by atoms with Crippen LogP contribution in [-0.2, 0) is 20.2 Å². The number of aryl methyl sites for hydroxylation is 1. The highest BCUT2D eigenvalue weighted by Crippen LogP contribution is 2.25. The van der Waals surface area contributed by atoms with Crippen molar-refractivity contribution in [3.05, 3.63) is 59.7 Å². The van der Waals surface area contributed by atoms with Crippen LogP contribution in [0.4, 0.5) is 5.69 Å². The maximum Gasteiger partial charge on any atom is 0.243 e. The minimum atomic E-state index is -3.52. The lowest BCUT2D eigenvalue weighted by Gasteiger charge is -2.33. The number of carbonyl (C=O) groups excluding carboxylic acids is 1. The van der Waals surface area contributed by atoms with E-state index < -0.39 is 10.0 Å². The summed E-state index contributed by atoms with van der Waals surface area (Å²) in [6.45, 7) is 10.3. The van der Waals surface area contributed by atoms with E-state index in [1.165, 1.54) is 4.31 Å². The number of nitrogens with zero attached hydrogens (tertiary/aromatic N) is 2. The number of sulfonamides is 1. The summed E-state index contributed by atoms with van der Waals surface area (Å²) in [5.74, 6) is -0.0848. The number of anilines is 1. The number of rotatable bonds is 5. The van der Waals surface area contributed by atoms with Crippen LogP contribution in [0.2, 0.25) is 0 Å². The van der Waals surface area contributed by atoms with Gasteiger partial charge in [-0.05, 0) is 41.7 Å². The summed E-state index contributed by atoms with van der Waals surface area (Å²) < 4.78 is 27.5. The van der Waals surface area contributed by atoms with Crippen molar-refractivity contribution in [1.82, 2.24) is 9.21 Å². The van der Waals surface area contributed by atoms with Crippen LogP contribution in [-0.4, -0.2) is 56.3 Å². The van der Waals surface area contributed by atoms with Crippen molar-refractivity contribution in [3.8, 4) is 0 Å². The summed E-state index contributed by atoms with van der Waals surface area (Å²) >= 11 is 0. The van der Waals surface area contributed by atoms with Crippen molar-refractivity contribution < 1.29 is 13.2 Å². The third-order valence-electron chi connectivity index (χ3n) is 5.48. The van der Waals surface area contributed by atoms with E-state index in [1.54, 1.807) is 12.1 Å². The summed E-state index contributed by atoms with van der Waals surface area (Å²) in [5, 5.41) is 2.93. The SMILES string of the molecule is Cc1ccccc1NC(=O)CN1CCN(S(=O)(=O)c2ccc(C(C)(C)C)cc2)CC1. The van der Waals surface area contributed by atoms with Crippen molar-refractivity contribution in [2.75, 3.05) is 38.0 Å². The van der Waals surface area contributed by atoms with Gasteiger partial charge >= 0.3 is 0 Å². The van der Waals surface area contributed by atoms with Crippen molar-refractivity contribution in [2.45, 2.75) is 38.0 Å². The second-order valence-electron chi connectivity index (χ2n) is 8.82. The fraction of sp³-hybridized carbons (Fsp3) is 0.435. The Balaban J connectivity index is 1.56. The first-order chi connectivity index (χ1) is 14.1. The normalized spacial score (nSPS) is 16.4. The number of para-hydroxylation sites is 1. The number of amides is 1. The van der Waals surface area contributed by atoms with Gasteiger partial charge in [0.2, 0.25) is 15.9 Å². The molecule has 0 bridgehead atoms. The number of carbonyl (C=O) groups is 1. The van der Waals surface area contributed by atoms with Gasteiger partial charge in [0.1, 0.15) is 0 Å². The largest absolute Gasteiger partial charge is 0.325 e. The predicted octanol–water partition coefficient (Wildman–Crippen LogP) is 3.24. The lowest BCUT2D eigenvalue weighted by Crippen LogP contribution is -2.50. The Morgan fingerprint density at radius 3 is 2.13 bits per heavy atom. The second kappa shape index (κ2) is 8.88. The van der Waals surface area contributed by atoms with E-state index in [9.17, 15) is 13.2 Å². The van der Waals surface area contributed by atoms with Gasteiger partial charge in [-0.3, -0.25) is 9.69 Å². The van der Waals surface area contributed by atoms with Gasteiger partial charge in [0.05, 0.1) is 11.4 Å². The van der Waals surface area contributed by atoms with Gasteiger partial charge in [-0.15, -0.1) is 0 Å². The molecule has 6 nitrogen and oxygen atoms in total. The number of piperazine rings is 1. The van der Waals surface area contributed by atoms with Crippen LogP contribution < -0.4 is 5.32 Å². The molecule has 0 radical (unpaired) electrons. The van der Waals surface area contributed by atoms with Crippen LogP contribution in [0.25, 0.3) is 0 Å². The summed E-state index contributed by atoms with van der Waals surface area (Å²) in [6, 6.07) is 14.8. The van der Waals surface area contributed by atoms with Crippen molar-refractivity contribution in [1.29, 1.82) is 0 Å². The van der Waals surface area contributed by atoms with E-state index in [4.69, 9.17) is 0 Å². The van der Waals surface area contributed by atoms with Crippen LogP contribution in [0.3, 0.4) is 0 Å². The Morgan fingerprint density at radius 1 is 0.967 bits per heavy atom. The molecule has 7 heteroatoms. The predicted molar refractivity (Wildman–Crippen MR) is 120 cm³/mol. The van der Waals surface area contributed by atoms with Gasteiger partial charge in [0.15, 0.2) is 0 Å². The summed E-state index contributed by atoms with van der Waals surface area (Å²) in [6.07, 6.45) is 0. The summed E-state index contributed by atoms with van der Waals surface area (Å²) in [4.78, 5) is 14.7. The molecule has 0 unspecified atom stereocenters. The van der Waals surface area contributed by atoms with Crippen molar-refractivity contribution in [2.24, 2.45) is 0 Å². The molecule has 0 atom stereocenters. The van der Waals surface area contributed by atoms with Gasteiger partial charge < -0.3 is 5.32 Å². The molecule has 0 spiro atoms. The van der Waals surface area contributed by atoms with E-state index in [1.807, 2.05) is 48.2 Å². The van der Waals surface area contributed by atoms with Gasteiger partial charge in [-0.1, -0.05) is 51.1 Å². The molecular weight excluding hydrogens is 398 g/mol. The van der Waals surface area contributed by atoms with Crippen molar-refractivity contribution >= 4 is 21.6 Å². The molecule has 1 fully saturated rings. The molecule has 0 aliphatic carbocycles. The molecule has 1 aliphatic rings. The van der Waals surface area contributed by atoms with Gasteiger partial charge in [-0.2, -0.15) is 4.31 Å². The van der Waals surface area contributed by atoms with Gasteiger partial charge in [-0.25, -0.2) is 8.42 Å². The molecule has 0 aromatic heterocycles. The maximum atomic E-state index is 13.0. The Morgan fingerprint density at radius 2 is 1.57 bits per heavy atom. The first-order valence-corrected chi connectivity index (χ1v) is 11.7. The van der Waals surface area contributed by atoms with E-state index in [0.717, 1.165) is 16.8 Å². The summed E-state index contributed by atoms with van der Waals surface area (Å²) in [5.41, 5.74) is 2.90. The molecule has 0 saturated carbocycles. The van der Waals surface area contributed by atoms with Gasteiger partial charge in [0, 0.05) is 31.9 Å². The van der Waals surface area contributed by atoms with Crippen molar-refractivity contribution in [3.63, 3.8) is 0 Å². The van der Waals surface area contributed by atoms with E-state index in [0.29, 0.717) is 31.1 Å². The zero-order valence-corrected chi connectivity index (χ0v) is 19.0. The molecule has 3 rings (SSSR count). The fourth-order valence-electron chi connectivity index (χ4n) is 3.51. The topological polar surface area (TPSA) is 69.7 Å². The smallest absolute Gasteiger partial charge is 0.243 e. The number of benzene rings is 2. The fourth-order valence-corrected chi connectivity index (χ4v) is 4.93. The second-order valence-corrected chi connectivity index (χ2v) is 10.8. The monoisotopic (exact) mass is 429 g/mol. The molecule has 162 valence electrons.